The SMILES string of the molecule is CC=C1CN=C(N)NC1=O. The number of hydrogen-bond acceptors (Lipinski definition) is 3. The molecule has 1 amide bonds. The number of amides is 1. The molecule has 0 saturated carbocycles. The van der Waals surface area contributed by atoms with Gasteiger partial charge in [-0.1, -0.05) is 6.08 Å². The Labute approximate surface area is 58.8 Å². The maximum absolute atomic E-state index is 10.9. The Bertz CT molecular complexity index is 217. The van der Waals surface area contributed by atoms with Crippen molar-refractivity contribution in [1.29, 1.82) is 0 Å². The summed E-state index contributed by atoms with van der Waals surface area (Å²) in [4.78, 5) is 14.7. The first-order valence-electron chi connectivity index (χ1n) is 3.00. The predicted molar refractivity (Wildman–Crippen MR) is 38.4 cm³/mol. The molecule has 3 N–H and O–H groups in total. The van der Waals surface area contributed by atoms with Crippen LogP contribution in [0.5, 0.6) is 0 Å². The lowest BCUT2D eigenvalue weighted by atomic mass is 10.2. The van der Waals surface area contributed by atoms with Gasteiger partial charge < -0.3 is 5.73 Å². The number of aliphatic imine (C=N–C) groups is 1. The summed E-state index contributed by atoms with van der Waals surface area (Å²) < 4.78 is 0. The molecule has 1 aliphatic heterocycles. The largest absolute Gasteiger partial charge is 0.370 e. The van der Waals surface area contributed by atoms with Gasteiger partial charge in [0.05, 0.1) is 6.54 Å². The summed E-state index contributed by atoms with van der Waals surface area (Å²) in [6.45, 7) is 2.19. The fourth-order valence-corrected chi connectivity index (χ4v) is 0.701. The minimum atomic E-state index is -0.144. The molecule has 0 aliphatic carbocycles. The van der Waals surface area contributed by atoms with Crippen LogP contribution in [0.1, 0.15) is 6.92 Å². The number of nitrogens with zero attached hydrogens (tertiary/aromatic N) is 1. The Morgan fingerprint density at radius 3 is 3.00 bits per heavy atom. The second-order valence-electron chi connectivity index (χ2n) is 1.97. The van der Waals surface area contributed by atoms with E-state index >= 15 is 0 Å². The Morgan fingerprint density at radius 1 is 1.80 bits per heavy atom. The van der Waals surface area contributed by atoms with Gasteiger partial charge in [-0.05, 0) is 6.92 Å². The van der Waals surface area contributed by atoms with Gasteiger partial charge in [0, 0.05) is 5.57 Å². The second kappa shape index (κ2) is 2.51. The highest BCUT2D eigenvalue weighted by Gasteiger charge is 2.13. The molecule has 4 heteroatoms. The Kier molecular flexibility index (Phi) is 1.71. The van der Waals surface area contributed by atoms with E-state index in [1.807, 2.05) is 0 Å². The van der Waals surface area contributed by atoms with E-state index in [0.717, 1.165) is 0 Å². The monoisotopic (exact) mass is 139 g/mol. The highest BCUT2D eigenvalue weighted by Crippen LogP contribution is 1.98. The van der Waals surface area contributed by atoms with Crippen molar-refractivity contribution in [2.45, 2.75) is 6.92 Å². The van der Waals surface area contributed by atoms with Crippen LogP contribution in [-0.4, -0.2) is 18.4 Å². The van der Waals surface area contributed by atoms with Gasteiger partial charge >= 0.3 is 0 Å². The van der Waals surface area contributed by atoms with E-state index in [4.69, 9.17) is 5.73 Å². The molecule has 0 atom stereocenters. The van der Waals surface area contributed by atoms with E-state index in [2.05, 4.69) is 10.3 Å². The fraction of sp³-hybridized carbons (Fsp3) is 0.333. The Morgan fingerprint density at radius 2 is 2.50 bits per heavy atom. The molecule has 54 valence electrons. The number of nitrogens with two attached hydrogens (primary N) is 1. The van der Waals surface area contributed by atoms with Crippen molar-refractivity contribution in [3.63, 3.8) is 0 Å². The highest BCUT2D eigenvalue weighted by molar-refractivity contribution is 6.07. The van der Waals surface area contributed by atoms with Crippen LogP contribution in [-0.2, 0) is 4.79 Å². The molecule has 10 heavy (non-hydrogen) atoms. The van der Waals surface area contributed by atoms with Crippen molar-refractivity contribution in [1.82, 2.24) is 5.32 Å². The van der Waals surface area contributed by atoms with Crippen molar-refractivity contribution < 1.29 is 4.79 Å². The molecule has 1 heterocycles. The predicted octanol–water partition coefficient (Wildman–Crippen LogP) is -0.623. The van der Waals surface area contributed by atoms with Gasteiger partial charge in [0.15, 0.2) is 5.96 Å². The number of hydrogen-bond donors (Lipinski definition) is 2. The molecule has 0 unspecified atom stereocenters. The van der Waals surface area contributed by atoms with Crippen molar-refractivity contribution in [2.75, 3.05) is 6.54 Å². The summed E-state index contributed by atoms with van der Waals surface area (Å²) in [5.41, 5.74) is 5.89. The molecule has 0 aromatic rings. The molecule has 4 nitrogen and oxygen atoms in total. The van der Waals surface area contributed by atoms with E-state index in [-0.39, 0.29) is 11.9 Å². The van der Waals surface area contributed by atoms with Crippen LogP contribution in [0.2, 0.25) is 0 Å². The zero-order chi connectivity index (χ0) is 7.56. The van der Waals surface area contributed by atoms with Crippen molar-refractivity contribution >= 4 is 11.9 Å². The first kappa shape index (κ1) is 6.80. The maximum atomic E-state index is 10.9. The molecule has 0 bridgehead atoms. The molecular weight excluding hydrogens is 130 g/mol. The normalized spacial score (nSPS) is 22.3. The van der Waals surface area contributed by atoms with E-state index in [1.165, 1.54) is 0 Å². The van der Waals surface area contributed by atoms with Gasteiger partial charge in [-0.2, -0.15) is 0 Å². The minimum absolute atomic E-state index is 0.144. The van der Waals surface area contributed by atoms with Gasteiger partial charge in [-0.25, -0.2) is 4.99 Å². The van der Waals surface area contributed by atoms with Crippen LogP contribution < -0.4 is 11.1 Å². The van der Waals surface area contributed by atoms with Crippen molar-refractivity contribution in [2.24, 2.45) is 10.7 Å². The summed E-state index contributed by atoms with van der Waals surface area (Å²) >= 11 is 0. The lowest BCUT2D eigenvalue weighted by Crippen LogP contribution is -2.41. The van der Waals surface area contributed by atoms with E-state index in [0.29, 0.717) is 12.1 Å². The second-order valence-corrected chi connectivity index (χ2v) is 1.97. The average Bonchev–Trinajstić information content (AvgIpc) is 1.88. The van der Waals surface area contributed by atoms with Crippen molar-refractivity contribution in [3.8, 4) is 0 Å². The van der Waals surface area contributed by atoms with Crippen molar-refractivity contribution in [3.05, 3.63) is 11.6 Å². The maximum Gasteiger partial charge on any atom is 0.255 e. The molecule has 1 rings (SSSR count). The number of carbonyl (C=O) groups excluding carboxylic acids is 1. The molecular formula is C6H9N3O. The van der Waals surface area contributed by atoms with Crippen LogP contribution in [0, 0.1) is 0 Å². The number of allylic oxidation sites excluding steroid dienone is 1. The van der Waals surface area contributed by atoms with Crippen LogP contribution in [0.3, 0.4) is 0 Å². The first-order valence-corrected chi connectivity index (χ1v) is 3.00. The fourth-order valence-electron chi connectivity index (χ4n) is 0.701. The Hall–Kier alpha value is -1.32. The highest BCUT2D eigenvalue weighted by atomic mass is 16.2. The van der Waals surface area contributed by atoms with E-state index in [1.54, 1.807) is 13.0 Å². The van der Waals surface area contributed by atoms with Gasteiger partial charge in [-0.15, -0.1) is 0 Å². The minimum Gasteiger partial charge on any atom is -0.370 e. The van der Waals surface area contributed by atoms with E-state index in [9.17, 15) is 4.79 Å². The topological polar surface area (TPSA) is 67.5 Å². The third kappa shape index (κ3) is 1.15. The van der Waals surface area contributed by atoms with Crippen LogP contribution in [0.15, 0.2) is 16.6 Å². The molecule has 0 aromatic heterocycles. The third-order valence-electron chi connectivity index (χ3n) is 1.30. The average molecular weight is 139 g/mol. The zero-order valence-corrected chi connectivity index (χ0v) is 5.72. The lowest BCUT2D eigenvalue weighted by Gasteiger charge is -2.11. The Balaban J connectivity index is 2.80. The number of rotatable bonds is 0. The molecule has 0 aromatic carbocycles. The van der Waals surface area contributed by atoms with Crippen LogP contribution in [0.4, 0.5) is 0 Å². The molecule has 0 saturated heterocycles. The summed E-state index contributed by atoms with van der Waals surface area (Å²) in [5.74, 6) is 0.0607. The number of nitrogens with one attached hydrogen (secondary N) is 1. The van der Waals surface area contributed by atoms with Crippen LogP contribution in [0.25, 0.3) is 0 Å². The molecule has 0 radical (unpaired) electrons. The van der Waals surface area contributed by atoms with Gasteiger partial charge in [0.25, 0.3) is 5.91 Å². The quantitative estimate of drug-likeness (QED) is 0.439. The summed E-state index contributed by atoms with van der Waals surface area (Å²) in [5, 5.41) is 2.40. The zero-order valence-electron chi connectivity index (χ0n) is 5.72. The van der Waals surface area contributed by atoms with Gasteiger partial charge in [-0.3, -0.25) is 10.1 Å². The number of carbonyl (C=O) groups is 1. The van der Waals surface area contributed by atoms with Gasteiger partial charge in [0.1, 0.15) is 0 Å². The lowest BCUT2D eigenvalue weighted by molar-refractivity contribution is -0.116. The van der Waals surface area contributed by atoms with E-state index < -0.39 is 0 Å². The summed E-state index contributed by atoms with van der Waals surface area (Å²) in [6.07, 6.45) is 1.73. The standard InChI is InChI=1S/C6H9N3O/c1-2-4-3-8-6(7)9-5(4)10/h2H,3H2,1H3,(H3,7,8,9,10). The summed E-state index contributed by atoms with van der Waals surface area (Å²) in [6, 6.07) is 0. The van der Waals surface area contributed by atoms with Gasteiger partial charge in [0.2, 0.25) is 0 Å². The third-order valence-corrected chi connectivity index (χ3v) is 1.30. The summed E-state index contributed by atoms with van der Waals surface area (Å²) in [7, 11) is 0. The number of guanidine groups is 1. The molecule has 1 aliphatic rings. The first-order chi connectivity index (χ1) is 4.74. The molecule has 0 spiro atoms. The smallest absolute Gasteiger partial charge is 0.255 e. The molecule has 0 fully saturated rings. The van der Waals surface area contributed by atoms with Crippen LogP contribution >= 0.6 is 0 Å².